The van der Waals surface area contributed by atoms with Gasteiger partial charge in [0, 0.05) is 31.4 Å². The van der Waals surface area contributed by atoms with Crippen LogP contribution in [0.1, 0.15) is 18.4 Å². The van der Waals surface area contributed by atoms with Gasteiger partial charge in [-0.15, -0.1) is 0 Å². The number of anilines is 1. The van der Waals surface area contributed by atoms with Crippen LogP contribution >= 0.6 is 0 Å². The van der Waals surface area contributed by atoms with Crippen molar-refractivity contribution in [2.45, 2.75) is 25.4 Å². The molecule has 0 bridgehead atoms. The van der Waals surface area contributed by atoms with Gasteiger partial charge in [-0.05, 0) is 24.5 Å². The molecule has 100 valence electrons. The maximum absolute atomic E-state index is 12.1. The van der Waals surface area contributed by atoms with E-state index in [9.17, 15) is 9.59 Å². The predicted molar refractivity (Wildman–Crippen MR) is 71.7 cm³/mol. The highest BCUT2D eigenvalue weighted by atomic mass is 16.2. The van der Waals surface area contributed by atoms with Crippen molar-refractivity contribution in [2.24, 2.45) is 0 Å². The summed E-state index contributed by atoms with van der Waals surface area (Å²) in [6.07, 6.45) is 2.60. The molecule has 1 fully saturated rings. The number of para-hydroxylation sites is 1. The SMILES string of the molecule is O=CN1CCC(N2Cc3ccccc3NC2=O)CC1. The lowest BCUT2D eigenvalue weighted by Gasteiger charge is -2.39. The molecule has 0 unspecified atom stereocenters. The molecule has 0 spiro atoms. The minimum Gasteiger partial charge on any atom is -0.345 e. The molecule has 1 N–H and O–H groups in total. The maximum Gasteiger partial charge on any atom is 0.322 e. The van der Waals surface area contributed by atoms with E-state index in [2.05, 4.69) is 5.32 Å². The quantitative estimate of drug-likeness (QED) is 0.821. The van der Waals surface area contributed by atoms with Gasteiger partial charge in [0.05, 0.1) is 0 Å². The molecule has 2 aliphatic rings. The third-order valence-corrected chi connectivity index (χ3v) is 3.95. The molecular formula is C14H17N3O2. The molecule has 1 aromatic rings. The lowest BCUT2D eigenvalue weighted by Crippen LogP contribution is -2.49. The van der Waals surface area contributed by atoms with Crippen molar-refractivity contribution in [1.82, 2.24) is 9.80 Å². The number of urea groups is 1. The fourth-order valence-electron chi connectivity index (χ4n) is 2.82. The molecule has 0 atom stereocenters. The minimum absolute atomic E-state index is 0.0248. The maximum atomic E-state index is 12.1. The highest BCUT2D eigenvalue weighted by Crippen LogP contribution is 2.27. The van der Waals surface area contributed by atoms with Gasteiger partial charge in [0.1, 0.15) is 0 Å². The van der Waals surface area contributed by atoms with Gasteiger partial charge in [0.2, 0.25) is 6.41 Å². The van der Waals surface area contributed by atoms with Crippen LogP contribution in [-0.2, 0) is 11.3 Å². The second-order valence-corrected chi connectivity index (χ2v) is 5.09. The number of carbonyl (C=O) groups excluding carboxylic acids is 2. The number of hydrogen-bond donors (Lipinski definition) is 1. The highest BCUT2D eigenvalue weighted by molar-refractivity contribution is 5.92. The number of amides is 3. The summed E-state index contributed by atoms with van der Waals surface area (Å²) in [5, 5.41) is 2.94. The fourth-order valence-corrected chi connectivity index (χ4v) is 2.82. The summed E-state index contributed by atoms with van der Waals surface area (Å²) in [6.45, 7) is 2.13. The molecule has 0 aliphatic carbocycles. The smallest absolute Gasteiger partial charge is 0.322 e. The Morgan fingerprint density at radius 3 is 2.68 bits per heavy atom. The highest BCUT2D eigenvalue weighted by Gasteiger charge is 2.30. The van der Waals surface area contributed by atoms with Crippen LogP contribution in [0.15, 0.2) is 24.3 Å². The van der Waals surface area contributed by atoms with Crippen LogP contribution in [0.25, 0.3) is 0 Å². The standard InChI is InChI=1S/C14H17N3O2/c18-10-16-7-5-12(6-8-16)17-9-11-3-1-2-4-13(11)15-14(17)19/h1-4,10,12H,5-9H2,(H,15,19). The largest absolute Gasteiger partial charge is 0.345 e. The van der Waals surface area contributed by atoms with Gasteiger partial charge in [-0.1, -0.05) is 18.2 Å². The normalized spacial score (nSPS) is 19.9. The van der Waals surface area contributed by atoms with E-state index in [-0.39, 0.29) is 12.1 Å². The molecule has 0 saturated carbocycles. The molecule has 3 amide bonds. The van der Waals surface area contributed by atoms with E-state index in [0.29, 0.717) is 6.54 Å². The number of likely N-dealkylation sites (tertiary alicyclic amines) is 1. The Bertz CT molecular complexity index is 495. The number of hydrogen-bond acceptors (Lipinski definition) is 2. The van der Waals surface area contributed by atoms with E-state index in [4.69, 9.17) is 0 Å². The second kappa shape index (κ2) is 4.91. The number of benzene rings is 1. The molecule has 0 radical (unpaired) electrons. The summed E-state index contributed by atoms with van der Waals surface area (Å²) in [7, 11) is 0. The Hall–Kier alpha value is -2.04. The monoisotopic (exact) mass is 259 g/mol. The predicted octanol–water partition coefficient (Wildman–Crippen LogP) is 1.65. The van der Waals surface area contributed by atoms with Gasteiger partial charge in [-0.3, -0.25) is 4.79 Å². The van der Waals surface area contributed by atoms with Crippen LogP contribution in [0.2, 0.25) is 0 Å². The molecule has 3 rings (SSSR count). The van der Waals surface area contributed by atoms with Gasteiger partial charge >= 0.3 is 6.03 Å². The van der Waals surface area contributed by atoms with Crippen molar-refractivity contribution in [3.05, 3.63) is 29.8 Å². The van der Waals surface area contributed by atoms with Gasteiger partial charge in [-0.25, -0.2) is 4.79 Å². The first kappa shape index (κ1) is 12.0. The number of piperidine rings is 1. The average Bonchev–Trinajstić information content (AvgIpc) is 2.47. The Morgan fingerprint density at radius 1 is 1.21 bits per heavy atom. The number of rotatable bonds is 2. The van der Waals surface area contributed by atoms with Crippen LogP contribution in [0.5, 0.6) is 0 Å². The molecule has 5 nitrogen and oxygen atoms in total. The molecular weight excluding hydrogens is 242 g/mol. The molecule has 2 aliphatic heterocycles. The molecule has 19 heavy (non-hydrogen) atoms. The second-order valence-electron chi connectivity index (χ2n) is 5.09. The summed E-state index contributed by atoms with van der Waals surface area (Å²) < 4.78 is 0. The van der Waals surface area contributed by atoms with Gasteiger partial charge in [-0.2, -0.15) is 0 Å². The lowest BCUT2D eigenvalue weighted by atomic mass is 10.0. The van der Waals surface area contributed by atoms with E-state index in [1.807, 2.05) is 29.2 Å². The zero-order valence-electron chi connectivity index (χ0n) is 10.7. The number of nitrogens with zero attached hydrogens (tertiary/aromatic N) is 2. The number of nitrogens with one attached hydrogen (secondary N) is 1. The fraction of sp³-hybridized carbons (Fsp3) is 0.429. The minimum atomic E-state index is -0.0248. The van der Waals surface area contributed by atoms with Crippen LogP contribution in [-0.4, -0.2) is 41.4 Å². The lowest BCUT2D eigenvalue weighted by molar-refractivity contribution is -0.119. The Morgan fingerprint density at radius 2 is 1.95 bits per heavy atom. The Kier molecular flexibility index (Phi) is 3.11. The zero-order valence-corrected chi connectivity index (χ0v) is 10.7. The summed E-state index contributed by atoms with van der Waals surface area (Å²) in [5.41, 5.74) is 2.06. The molecule has 1 aromatic carbocycles. The Labute approximate surface area is 112 Å². The van der Waals surface area contributed by atoms with Crippen LogP contribution in [0, 0.1) is 0 Å². The van der Waals surface area contributed by atoms with Gasteiger partial charge < -0.3 is 15.1 Å². The summed E-state index contributed by atoms with van der Waals surface area (Å²) in [4.78, 5) is 26.5. The first-order chi connectivity index (χ1) is 9.28. The van der Waals surface area contributed by atoms with Gasteiger partial charge in [0.25, 0.3) is 0 Å². The average molecular weight is 259 g/mol. The first-order valence-electron chi connectivity index (χ1n) is 6.63. The van der Waals surface area contributed by atoms with Crippen LogP contribution < -0.4 is 5.32 Å². The first-order valence-corrected chi connectivity index (χ1v) is 6.63. The van der Waals surface area contributed by atoms with Gasteiger partial charge in [0.15, 0.2) is 0 Å². The molecule has 0 aromatic heterocycles. The van der Waals surface area contributed by atoms with Crippen molar-refractivity contribution in [3.8, 4) is 0 Å². The van der Waals surface area contributed by atoms with Crippen LogP contribution in [0.3, 0.4) is 0 Å². The zero-order chi connectivity index (χ0) is 13.2. The third kappa shape index (κ3) is 2.28. The summed E-state index contributed by atoms with van der Waals surface area (Å²) >= 11 is 0. The number of carbonyl (C=O) groups is 2. The van der Waals surface area contributed by atoms with Crippen molar-refractivity contribution < 1.29 is 9.59 Å². The molecule has 1 saturated heterocycles. The van der Waals surface area contributed by atoms with E-state index in [1.165, 1.54) is 0 Å². The summed E-state index contributed by atoms with van der Waals surface area (Å²) in [5.74, 6) is 0. The third-order valence-electron chi connectivity index (χ3n) is 3.95. The van der Waals surface area contributed by atoms with E-state index in [0.717, 1.165) is 43.6 Å². The van der Waals surface area contributed by atoms with E-state index >= 15 is 0 Å². The van der Waals surface area contributed by atoms with Crippen LogP contribution in [0.4, 0.5) is 10.5 Å². The molecule has 5 heteroatoms. The van der Waals surface area contributed by atoms with Crippen molar-refractivity contribution in [1.29, 1.82) is 0 Å². The van der Waals surface area contributed by atoms with Crippen molar-refractivity contribution >= 4 is 18.1 Å². The number of fused-ring (bicyclic) bond motifs is 1. The van der Waals surface area contributed by atoms with E-state index < -0.39 is 0 Å². The topological polar surface area (TPSA) is 52.7 Å². The Balaban J connectivity index is 1.73. The summed E-state index contributed by atoms with van der Waals surface area (Å²) in [6, 6.07) is 8.09. The molecule has 2 heterocycles. The van der Waals surface area contributed by atoms with E-state index in [1.54, 1.807) is 4.90 Å². The van der Waals surface area contributed by atoms with Crippen molar-refractivity contribution in [2.75, 3.05) is 18.4 Å². The van der Waals surface area contributed by atoms with Crippen molar-refractivity contribution in [3.63, 3.8) is 0 Å².